The van der Waals surface area contributed by atoms with Crippen molar-refractivity contribution in [3.63, 3.8) is 0 Å². The fourth-order valence-electron chi connectivity index (χ4n) is 0.634. The zero-order chi connectivity index (χ0) is 9.78. The van der Waals surface area contributed by atoms with Crippen LogP contribution in [0.3, 0.4) is 0 Å². The second-order valence-electron chi connectivity index (χ2n) is 2.12. The lowest BCUT2D eigenvalue weighted by Gasteiger charge is -2.07. The minimum absolute atomic E-state index is 1.91. The SMILES string of the molecule is FC1(F)C(F)(Cl)C1(F)OC(Cl)Cl. The van der Waals surface area contributed by atoms with Crippen LogP contribution in [-0.2, 0) is 4.74 Å². The summed E-state index contributed by atoms with van der Waals surface area (Å²) in [5.41, 5.74) is 0. The molecule has 8 heteroatoms. The van der Waals surface area contributed by atoms with E-state index in [0.29, 0.717) is 0 Å². The highest BCUT2D eigenvalue weighted by molar-refractivity contribution is 6.43. The summed E-state index contributed by atoms with van der Waals surface area (Å²) in [7, 11) is 0. The monoisotopic (exact) mass is 246 g/mol. The molecule has 1 aliphatic carbocycles. The van der Waals surface area contributed by atoms with Gasteiger partial charge in [0.15, 0.2) is 0 Å². The van der Waals surface area contributed by atoms with E-state index < -0.39 is 21.9 Å². The molecule has 0 aromatic carbocycles. The molecule has 1 rings (SSSR count). The van der Waals surface area contributed by atoms with E-state index in [-0.39, 0.29) is 0 Å². The summed E-state index contributed by atoms with van der Waals surface area (Å²) >= 11 is 14.1. The Kier molecular flexibility index (Phi) is 2.24. The fraction of sp³-hybridized carbons (Fsp3) is 1.00. The molecule has 1 fully saturated rings. The molecular weight excluding hydrogens is 246 g/mol. The average Bonchev–Trinajstić information content (AvgIpc) is 2.08. The molecule has 1 nitrogen and oxygen atoms in total. The maximum absolute atomic E-state index is 12.7. The largest absolute Gasteiger partial charge is 0.363 e. The Balaban J connectivity index is 2.78. The first-order valence-electron chi connectivity index (χ1n) is 2.57. The zero-order valence-corrected chi connectivity index (χ0v) is 7.40. The van der Waals surface area contributed by atoms with Crippen LogP contribution in [-0.4, -0.2) is 21.9 Å². The lowest BCUT2D eigenvalue weighted by atomic mass is 10.7. The van der Waals surface area contributed by atoms with Crippen molar-refractivity contribution in [2.24, 2.45) is 0 Å². The summed E-state index contributed by atoms with van der Waals surface area (Å²) in [6.45, 7) is 0. The molecule has 12 heavy (non-hydrogen) atoms. The van der Waals surface area contributed by atoms with Crippen LogP contribution in [0.1, 0.15) is 0 Å². The lowest BCUT2D eigenvalue weighted by Crippen LogP contribution is -2.20. The number of rotatable bonds is 2. The predicted octanol–water partition coefficient (Wildman–Crippen LogP) is 2.98. The van der Waals surface area contributed by atoms with Crippen LogP contribution in [0.25, 0.3) is 0 Å². The summed E-state index contributed by atoms with van der Waals surface area (Å²) in [5, 5.41) is -5.79. The first-order valence-corrected chi connectivity index (χ1v) is 3.82. The van der Waals surface area contributed by atoms with Crippen molar-refractivity contribution in [3.05, 3.63) is 0 Å². The quantitative estimate of drug-likeness (QED) is 0.538. The van der Waals surface area contributed by atoms with Gasteiger partial charge < -0.3 is 4.74 Å². The molecule has 1 saturated carbocycles. The molecule has 0 N–H and O–H groups in total. The number of ether oxygens (including phenoxy) is 1. The van der Waals surface area contributed by atoms with Crippen LogP contribution in [0.5, 0.6) is 0 Å². The topological polar surface area (TPSA) is 9.23 Å². The number of halogens is 7. The van der Waals surface area contributed by atoms with Gasteiger partial charge in [-0.25, -0.2) is 4.39 Å². The lowest BCUT2D eigenvalue weighted by molar-refractivity contribution is -0.131. The molecule has 0 aliphatic heterocycles. The van der Waals surface area contributed by atoms with Crippen molar-refractivity contribution in [2.75, 3.05) is 0 Å². The molecule has 2 atom stereocenters. The molecular formula is C4HCl3F4O. The molecule has 1 aliphatic rings. The standard InChI is InChI=1S/C4HCl3F4O/c5-1(6)12-4(11)2(7,8)3(4,9)10/h1H. The Morgan fingerprint density at radius 1 is 1.08 bits per heavy atom. The second-order valence-corrected chi connectivity index (χ2v) is 3.66. The summed E-state index contributed by atoms with van der Waals surface area (Å²) < 4.78 is 53.0. The highest BCUT2D eigenvalue weighted by Gasteiger charge is 2.99. The Bertz CT molecular complexity index is 192. The van der Waals surface area contributed by atoms with Crippen molar-refractivity contribution >= 4 is 34.8 Å². The van der Waals surface area contributed by atoms with Gasteiger partial charge in [0.1, 0.15) is 0 Å². The van der Waals surface area contributed by atoms with E-state index in [1.807, 2.05) is 0 Å². The molecule has 0 aromatic heterocycles. The molecule has 0 saturated heterocycles. The van der Waals surface area contributed by atoms with E-state index in [9.17, 15) is 17.6 Å². The number of hydrogen-bond acceptors (Lipinski definition) is 1. The molecule has 0 bridgehead atoms. The molecule has 0 radical (unpaired) electrons. The Morgan fingerprint density at radius 2 is 1.42 bits per heavy atom. The van der Waals surface area contributed by atoms with E-state index in [1.54, 1.807) is 0 Å². The summed E-state index contributed by atoms with van der Waals surface area (Å²) in [4.78, 5) is 0. The van der Waals surface area contributed by atoms with E-state index in [0.717, 1.165) is 0 Å². The number of alkyl halides is 7. The van der Waals surface area contributed by atoms with Crippen molar-refractivity contribution < 1.29 is 22.3 Å². The zero-order valence-electron chi connectivity index (χ0n) is 5.13. The summed E-state index contributed by atoms with van der Waals surface area (Å²) in [6, 6.07) is 0. The van der Waals surface area contributed by atoms with Gasteiger partial charge in [-0.2, -0.15) is 13.2 Å². The smallest absolute Gasteiger partial charge is 0.303 e. The van der Waals surface area contributed by atoms with E-state index in [2.05, 4.69) is 16.3 Å². The molecule has 0 aromatic rings. The van der Waals surface area contributed by atoms with Gasteiger partial charge in [-0.05, 0) is 0 Å². The third-order valence-electron chi connectivity index (χ3n) is 1.39. The molecule has 72 valence electrons. The van der Waals surface area contributed by atoms with Crippen molar-refractivity contribution in [3.8, 4) is 0 Å². The molecule has 0 amide bonds. The second kappa shape index (κ2) is 2.53. The number of hydrogen-bond donors (Lipinski definition) is 0. The molecule has 2 unspecified atom stereocenters. The Labute approximate surface area is 79.5 Å². The highest BCUT2D eigenvalue weighted by Crippen LogP contribution is 2.70. The summed E-state index contributed by atoms with van der Waals surface area (Å²) in [6.07, 6.45) is 0. The predicted molar refractivity (Wildman–Crippen MR) is 35.1 cm³/mol. The minimum Gasteiger partial charge on any atom is -0.303 e. The van der Waals surface area contributed by atoms with Gasteiger partial charge in [-0.15, -0.1) is 0 Å². The maximum Gasteiger partial charge on any atom is 0.363 e. The molecule has 0 heterocycles. The normalized spacial score (nSPS) is 45.0. The van der Waals surface area contributed by atoms with Crippen LogP contribution in [0, 0.1) is 0 Å². The maximum atomic E-state index is 12.7. The van der Waals surface area contributed by atoms with E-state index >= 15 is 0 Å². The van der Waals surface area contributed by atoms with Gasteiger partial charge in [-0.1, -0.05) is 34.8 Å². The van der Waals surface area contributed by atoms with Crippen LogP contribution < -0.4 is 0 Å². The fourth-order valence-corrected chi connectivity index (χ4v) is 1.12. The third-order valence-corrected chi connectivity index (χ3v) is 2.05. The van der Waals surface area contributed by atoms with Crippen molar-refractivity contribution in [1.29, 1.82) is 0 Å². The molecule has 0 spiro atoms. The van der Waals surface area contributed by atoms with E-state index in [1.165, 1.54) is 0 Å². The Hall–Kier alpha value is 0.550. The van der Waals surface area contributed by atoms with Crippen LogP contribution in [0.2, 0.25) is 0 Å². The van der Waals surface area contributed by atoms with Crippen LogP contribution >= 0.6 is 34.8 Å². The first-order chi connectivity index (χ1) is 5.17. The highest BCUT2D eigenvalue weighted by atomic mass is 35.5. The van der Waals surface area contributed by atoms with Crippen LogP contribution in [0.4, 0.5) is 17.6 Å². The van der Waals surface area contributed by atoms with Crippen LogP contribution in [0.15, 0.2) is 0 Å². The Morgan fingerprint density at radius 3 is 1.50 bits per heavy atom. The van der Waals surface area contributed by atoms with Crippen molar-refractivity contribution in [2.45, 2.75) is 21.9 Å². The summed E-state index contributed by atoms with van der Waals surface area (Å²) in [5.74, 6) is -8.36. The van der Waals surface area contributed by atoms with Gasteiger partial charge in [0.05, 0.1) is 0 Å². The van der Waals surface area contributed by atoms with Gasteiger partial charge in [0.25, 0.3) is 0 Å². The van der Waals surface area contributed by atoms with Gasteiger partial charge in [0, 0.05) is 0 Å². The van der Waals surface area contributed by atoms with E-state index in [4.69, 9.17) is 23.2 Å². The van der Waals surface area contributed by atoms with Gasteiger partial charge in [0.2, 0.25) is 5.02 Å². The first kappa shape index (κ1) is 10.6. The third kappa shape index (κ3) is 1.03. The van der Waals surface area contributed by atoms with Gasteiger partial charge >= 0.3 is 16.9 Å². The minimum atomic E-state index is -4.43. The van der Waals surface area contributed by atoms with Crippen molar-refractivity contribution in [1.82, 2.24) is 0 Å². The van der Waals surface area contributed by atoms with Gasteiger partial charge in [-0.3, -0.25) is 0 Å². The average molecular weight is 247 g/mol.